The number of rotatable bonds is 7. The van der Waals surface area contributed by atoms with Crippen molar-refractivity contribution in [1.82, 2.24) is 4.90 Å². The molecule has 8 nitrogen and oxygen atoms in total. The van der Waals surface area contributed by atoms with Gasteiger partial charge in [0.2, 0.25) is 11.8 Å². The number of carbonyl (C=O) groups is 2. The van der Waals surface area contributed by atoms with Crippen LogP contribution in [-0.2, 0) is 19.6 Å². The number of nitrogens with two attached hydrogens (primary N) is 1. The standard InChI is InChI=1S/C23H29N3O5S/c1-16-5-4-6-19(13-16)26(15-22(27)25-11-9-18(10-12-25)23(24)28)32(29,30)21-14-17(2)7-8-20(21)31-3/h4-8,13-14,18H,9-12,15H2,1-3H3,(H2,24,28). The molecule has 9 heteroatoms. The van der Waals surface area contributed by atoms with Gasteiger partial charge in [0, 0.05) is 19.0 Å². The van der Waals surface area contributed by atoms with E-state index in [1.165, 1.54) is 7.11 Å². The van der Waals surface area contributed by atoms with Crippen LogP contribution in [0.15, 0.2) is 47.4 Å². The summed E-state index contributed by atoms with van der Waals surface area (Å²) in [5.41, 5.74) is 7.40. The van der Waals surface area contributed by atoms with Crippen molar-refractivity contribution in [3.63, 3.8) is 0 Å². The van der Waals surface area contributed by atoms with Gasteiger partial charge in [-0.15, -0.1) is 0 Å². The predicted molar refractivity (Wildman–Crippen MR) is 122 cm³/mol. The van der Waals surface area contributed by atoms with Crippen LogP contribution in [0.25, 0.3) is 0 Å². The number of hydrogen-bond donors (Lipinski definition) is 1. The van der Waals surface area contributed by atoms with E-state index in [1.807, 2.05) is 13.0 Å². The van der Waals surface area contributed by atoms with E-state index >= 15 is 0 Å². The molecule has 0 aromatic heterocycles. The second-order valence-corrected chi connectivity index (χ2v) is 9.89. The second kappa shape index (κ2) is 9.60. The maximum atomic E-state index is 13.7. The van der Waals surface area contributed by atoms with Gasteiger partial charge in [0.1, 0.15) is 17.2 Å². The highest BCUT2D eigenvalue weighted by atomic mass is 32.2. The lowest BCUT2D eigenvalue weighted by Crippen LogP contribution is -2.47. The van der Waals surface area contributed by atoms with E-state index in [2.05, 4.69) is 0 Å². The summed E-state index contributed by atoms with van der Waals surface area (Å²) < 4.78 is 33.9. The molecule has 0 spiro atoms. The van der Waals surface area contributed by atoms with Gasteiger partial charge in [0.05, 0.1) is 12.8 Å². The minimum absolute atomic E-state index is 0.00161. The van der Waals surface area contributed by atoms with Crippen molar-refractivity contribution in [2.45, 2.75) is 31.6 Å². The zero-order valence-electron chi connectivity index (χ0n) is 18.6. The summed E-state index contributed by atoms with van der Waals surface area (Å²) >= 11 is 0. The van der Waals surface area contributed by atoms with E-state index in [-0.39, 0.29) is 34.9 Å². The number of hydrogen-bond acceptors (Lipinski definition) is 5. The molecule has 0 radical (unpaired) electrons. The number of carbonyl (C=O) groups excluding carboxylic acids is 2. The zero-order valence-corrected chi connectivity index (χ0v) is 19.4. The van der Waals surface area contributed by atoms with Crippen molar-refractivity contribution in [1.29, 1.82) is 0 Å². The summed E-state index contributed by atoms with van der Waals surface area (Å²) in [5, 5.41) is 0. The van der Waals surface area contributed by atoms with E-state index in [9.17, 15) is 18.0 Å². The van der Waals surface area contributed by atoms with Crippen LogP contribution < -0.4 is 14.8 Å². The number of methoxy groups -OCH3 is 1. The Bertz CT molecular complexity index is 1110. The third-order valence-electron chi connectivity index (χ3n) is 5.71. The quantitative estimate of drug-likeness (QED) is 0.683. The van der Waals surface area contributed by atoms with Crippen LogP contribution in [0.1, 0.15) is 24.0 Å². The van der Waals surface area contributed by atoms with Crippen LogP contribution in [0.3, 0.4) is 0 Å². The summed E-state index contributed by atoms with van der Waals surface area (Å²) in [4.78, 5) is 26.1. The van der Waals surface area contributed by atoms with Crippen LogP contribution in [0.5, 0.6) is 5.75 Å². The average Bonchev–Trinajstić information content (AvgIpc) is 2.77. The SMILES string of the molecule is COc1ccc(C)cc1S(=O)(=O)N(CC(=O)N1CCC(C(N)=O)CC1)c1cccc(C)c1. The summed E-state index contributed by atoms with van der Waals surface area (Å²) in [6, 6.07) is 11.9. The van der Waals surface area contributed by atoms with Gasteiger partial charge in [-0.3, -0.25) is 13.9 Å². The Balaban J connectivity index is 1.96. The van der Waals surface area contributed by atoms with Crippen molar-refractivity contribution in [2.24, 2.45) is 11.7 Å². The van der Waals surface area contributed by atoms with Crippen molar-refractivity contribution in [2.75, 3.05) is 31.0 Å². The molecule has 32 heavy (non-hydrogen) atoms. The van der Waals surface area contributed by atoms with Crippen molar-refractivity contribution in [3.8, 4) is 5.75 Å². The highest BCUT2D eigenvalue weighted by Gasteiger charge is 2.33. The number of likely N-dealkylation sites (tertiary alicyclic amines) is 1. The van der Waals surface area contributed by atoms with Crippen LogP contribution in [-0.4, -0.2) is 51.9 Å². The van der Waals surface area contributed by atoms with E-state index in [4.69, 9.17) is 10.5 Å². The maximum Gasteiger partial charge on any atom is 0.268 e. The summed E-state index contributed by atoms with van der Waals surface area (Å²) in [5.74, 6) is -0.743. The topological polar surface area (TPSA) is 110 Å². The number of anilines is 1. The number of piperidine rings is 1. The smallest absolute Gasteiger partial charge is 0.268 e. The molecule has 0 aliphatic carbocycles. The number of nitrogens with zero attached hydrogens (tertiary/aromatic N) is 2. The second-order valence-electron chi connectivity index (χ2n) is 8.06. The highest BCUT2D eigenvalue weighted by Crippen LogP contribution is 2.31. The first-order valence-electron chi connectivity index (χ1n) is 10.4. The van der Waals surface area contributed by atoms with Gasteiger partial charge >= 0.3 is 0 Å². The molecular formula is C23H29N3O5S. The first-order chi connectivity index (χ1) is 15.1. The number of amides is 2. The lowest BCUT2D eigenvalue weighted by atomic mass is 9.96. The predicted octanol–water partition coefficient (Wildman–Crippen LogP) is 2.23. The minimum atomic E-state index is -4.11. The van der Waals surface area contributed by atoms with Crippen molar-refractivity contribution < 1.29 is 22.7 Å². The zero-order chi connectivity index (χ0) is 23.5. The third kappa shape index (κ3) is 5.04. The number of sulfonamides is 1. The Labute approximate surface area is 189 Å². The summed E-state index contributed by atoms with van der Waals surface area (Å²) in [6.07, 6.45) is 0.952. The molecule has 2 N–H and O–H groups in total. The van der Waals surface area contributed by atoms with Gasteiger partial charge in [0.25, 0.3) is 10.0 Å². The van der Waals surface area contributed by atoms with Gasteiger partial charge in [-0.05, 0) is 62.1 Å². The van der Waals surface area contributed by atoms with E-state index in [1.54, 1.807) is 48.2 Å². The molecule has 0 saturated carbocycles. The first kappa shape index (κ1) is 23.6. The largest absolute Gasteiger partial charge is 0.495 e. The highest BCUT2D eigenvalue weighted by molar-refractivity contribution is 7.93. The molecule has 1 heterocycles. The Morgan fingerprint density at radius 3 is 2.34 bits per heavy atom. The van der Waals surface area contributed by atoms with E-state index < -0.39 is 10.0 Å². The Hall–Kier alpha value is -3.07. The molecule has 2 aromatic rings. The van der Waals surface area contributed by atoms with Gasteiger partial charge < -0.3 is 15.4 Å². The molecule has 1 saturated heterocycles. The number of benzene rings is 2. The molecule has 172 valence electrons. The Morgan fingerprint density at radius 2 is 1.75 bits per heavy atom. The van der Waals surface area contributed by atoms with Gasteiger partial charge in [-0.2, -0.15) is 0 Å². The van der Waals surface area contributed by atoms with Gasteiger partial charge in [-0.25, -0.2) is 8.42 Å². The average molecular weight is 460 g/mol. The fourth-order valence-electron chi connectivity index (χ4n) is 3.84. The molecule has 0 atom stereocenters. The lowest BCUT2D eigenvalue weighted by Gasteiger charge is -2.33. The molecule has 2 aromatic carbocycles. The number of ether oxygens (including phenoxy) is 1. The Morgan fingerprint density at radius 1 is 1.09 bits per heavy atom. The lowest BCUT2D eigenvalue weighted by molar-refractivity contribution is -0.133. The molecule has 1 aliphatic rings. The van der Waals surface area contributed by atoms with E-state index in [0.717, 1.165) is 15.4 Å². The fraction of sp³-hybridized carbons (Fsp3) is 0.391. The first-order valence-corrected chi connectivity index (χ1v) is 11.9. The molecule has 0 bridgehead atoms. The molecule has 3 rings (SSSR count). The number of primary amides is 1. The van der Waals surface area contributed by atoms with Crippen molar-refractivity contribution >= 4 is 27.5 Å². The molecule has 2 amide bonds. The summed E-state index contributed by atoms with van der Waals surface area (Å²) in [6.45, 7) is 4.02. The van der Waals surface area contributed by atoms with Crippen LogP contribution in [0, 0.1) is 19.8 Å². The molecular weight excluding hydrogens is 430 g/mol. The maximum absolute atomic E-state index is 13.7. The normalized spacial score (nSPS) is 14.8. The third-order valence-corrected chi connectivity index (χ3v) is 7.50. The van der Waals surface area contributed by atoms with Gasteiger partial charge in [-0.1, -0.05) is 18.2 Å². The van der Waals surface area contributed by atoms with Crippen LogP contribution >= 0.6 is 0 Å². The van der Waals surface area contributed by atoms with Crippen LogP contribution in [0.4, 0.5) is 5.69 Å². The summed E-state index contributed by atoms with van der Waals surface area (Å²) in [7, 11) is -2.70. The van der Waals surface area contributed by atoms with Gasteiger partial charge in [0.15, 0.2) is 0 Å². The fourth-order valence-corrected chi connectivity index (χ4v) is 5.49. The van der Waals surface area contributed by atoms with Crippen molar-refractivity contribution in [3.05, 3.63) is 53.6 Å². The molecule has 1 aliphatic heterocycles. The molecule has 0 unspecified atom stereocenters. The number of aryl methyl sites for hydroxylation is 2. The van der Waals surface area contributed by atoms with Crippen LogP contribution in [0.2, 0.25) is 0 Å². The minimum Gasteiger partial charge on any atom is -0.495 e. The Kier molecular flexibility index (Phi) is 7.08. The molecule has 1 fully saturated rings. The van der Waals surface area contributed by atoms with E-state index in [0.29, 0.717) is 31.6 Å². The monoisotopic (exact) mass is 459 g/mol.